The summed E-state index contributed by atoms with van der Waals surface area (Å²) >= 11 is 0. The number of hydrogen-bond acceptors (Lipinski definition) is 8. The molecule has 5 rings (SSSR count). The van der Waals surface area contributed by atoms with Crippen LogP contribution in [-0.4, -0.2) is 79.4 Å². The van der Waals surface area contributed by atoms with Gasteiger partial charge in [-0.2, -0.15) is 9.97 Å². The molecular weight excluding hydrogens is 380 g/mol. The minimum Gasteiger partial charge on any atom is -0.477 e. The minimum atomic E-state index is 0.592. The van der Waals surface area contributed by atoms with Crippen molar-refractivity contribution in [1.29, 1.82) is 0 Å². The molecule has 8 heteroatoms. The highest BCUT2D eigenvalue weighted by molar-refractivity contribution is 5.69. The number of pyridine rings is 1. The van der Waals surface area contributed by atoms with E-state index in [-0.39, 0.29) is 0 Å². The van der Waals surface area contributed by atoms with Crippen LogP contribution in [0.2, 0.25) is 0 Å². The van der Waals surface area contributed by atoms with Gasteiger partial charge < -0.3 is 24.2 Å². The molecule has 0 unspecified atom stereocenters. The summed E-state index contributed by atoms with van der Waals surface area (Å²) in [6, 6.07) is 4.05. The van der Waals surface area contributed by atoms with Gasteiger partial charge in [0, 0.05) is 25.8 Å². The quantitative estimate of drug-likeness (QED) is 0.743. The Morgan fingerprint density at radius 2 is 1.93 bits per heavy atom. The van der Waals surface area contributed by atoms with Crippen LogP contribution in [0.25, 0.3) is 0 Å². The first-order valence-corrected chi connectivity index (χ1v) is 11.0. The first-order chi connectivity index (χ1) is 14.8. The SMILES string of the molecule is CN1CCC(COc2nc(N3CCOCC3)nc3c2CCN3c2cccnc2)CC1. The summed E-state index contributed by atoms with van der Waals surface area (Å²) in [5, 5.41) is 0. The Morgan fingerprint density at radius 3 is 2.70 bits per heavy atom. The zero-order chi connectivity index (χ0) is 20.3. The van der Waals surface area contributed by atoms with Crippen molar-refractivity contribution in [2.45, 2.75) is 19.3 Å². The molecular formula is C22H30N6O2. The molecule has 0 aliphatic carbocycles. The third-order valence-corrected chi connectivity index (χ3v) is 6.32. The molecule has 0 radical (unpaired) electrons. The highest BCUT2D eigenvalue weighted by Gasteiger charge is 2.30. The number of rotatable bonds is 5. The van der Waals surface area contributed by atoms with Crippen LogP contribution < -0.4 is 14.5 Å². The van der Waals surface area contributed by atoms with Gasteiger partial charge in [0.05, 0.1) is 37.3 Å². The standard InChI is InChI=1S/C22H30N6O2/c1-26-8-4-17(5-9-26)16-30-21-19-6-10-28(18-3-2-7-23-15-18)20(19)24-22(25-21)27-11-13-29-14-12-27/h2-3,7,15,17H,4-6,8-14,16H2,1H3. The van der Waals surface area contributed by atoms with Gasteiger partial charge in [-0.25, -0.2) is 0 Å². The Balaban J connectivity index is 1.43. The van der Waals surface area contributed by atoms with Gasteiger partial charge in [-0.05, 0) is 57.5 Å². The third kappa shape index (κ3) is 4.06. The number of aromatic nitrogens is 3. The van der Waals surface area contributed by atoms with Crippen LogP contribution in [-0.2, 0) is 11.2 Å². The average molecular weight is 411 g/mol. The number of anilines is 3. The van der Waals surface area contributed by atoms with Crippen molar-refractivity contribution in [3.63, 3.8) is 0 Å². The molecule has 2 aromatic rings. The highest BCUT2D eigenvalue weighted by Crippen LogP contribution is 2.38. The molecule has 3 aliphatic heterocycles. The maximum absolute atomic E-state index is 6.37. The fraction of sp³-hybridized carbons (Fsp3) is 0.591. The van der Waals surface area contributed by atoms with Gasteiger partial charge in [0.1, 0.15) is 5.82 Å². The zero-order valence-corrected chi connectivity index (χ0v) is 17.7. The van der Waals surface area contributed by atoms with E-state index in [2.05, 4.69) is 32.8 Å². The van der Waals surface area contributed by atoms with E-state index in [1.165, 1.54) is 12.8 Å². The highest BCUT2D eigenvalue weighted by atomic mass is 16.5. The second-order valence-electron chi connectivity index (χ2n) is 8.40. The van der Waals surface area contributed by atoms with Crippen molar-refractivity contribution < 1.29 is 9.47 Å². The Morgan fingerprint density at radius 1 is 1.10 bits per heavy atom. The van der Waals surface area contributed by atoms with Gasteiger partial charge >= 0.3 is 0 Å². The number of hydrogen-bond donors (Lipinski definition) is 0. The van der Waals surface area contributed by atoms with Gasteiger partial charge in [-0.15, -0.1) is 0 Å². The summed E-state index contributed by atoms with van der Waals surface area (Å²) in [5.74, 6) is 3.05. The van der Waals surface area contributed by atoms with Crippen LogP contribution in [0.3, 0.4) is 0 Å². The van der Waals surface area contributed by atoms with Gasteiger partial charge in [-0.3, -0.25) is 4.98 Å². The number of morpholine rings is 1. The molecule has 0 N–H and O–H groups in total. The van der Waals surface area contributed by atoms with Crippen molar-refractivity contribution >= 4 is 17.5 Å². The molecule has 2 aromatic heterocycles. The van der Waals surface area contributed by atoms with Crippen molar-refractivity contribution in [2.75, 3.05) is 69.4 Å². The lowest BCUT2D eigenvalue weighted by atomic mass is 9.98. The molecule has 2 saturated heterocycles. The van der Waals surface area contributed by atoms with E-state index in [0.717, 1.165) is 74.6 Å². The first kappa shape index (κ1) is 19.5. The Kier molecular flexibility index (Phi) is 5.68. The third-order valence-electron chi connectivity index (χ3n) is 6.32. The van der Waals surface area contributed by atoms with E-state index in [1.807, 2.05) is 12.3 Å². The monoisotopic (exact) mass is 410 g/mol. The van der Waals surface area contributed by atoms with Crippen LogP contribution in [0.15, 0.2) is 24.5 Å². The molecule has 0 atom stereocenters. The normalized spacial score (nSPS) is 20.4. The van der Waals surface area contributed by atoms with Gasteiger partial charge in [0.25, 0.3) is 0 Å². The van der Waals surface area contributed by atoms with E-state index < -0.39 is 0 Å². The van der Waals surface area contributed by atoms with Crippen LogP contribution in [0, 0.1) is 5.92 Å². The van der Waals surface area contributed by atoms with Gasteiger partial charge in [0.15, 0.2) is 0 Å². The van der Waals surface area contributed by atoms with Crippen LogP contribution in [0.5, 0.6) is 5.88 Å². The molecule has 160 valence electrons. The molecule has 30 heavy (non-hydrogen) atoms. The predicted molar refractivity (Wildman–Crippen MR) is 116 cm³/mol. The molecule has 5 heterocycles. The second kappa shape index (κ2) is 8.73. The topological polar surface area (TPSA) is 66.8 Å². The lowest BCUT2D eigenvalue weighted by Gasteiger charge is -2.30. The number of ether oxygens (including phenoxy) is 2. The smallest absolute Gasteiger partial charge is 0.230 e. The molecule has 0 bridgehead atoms. The predicted octanol–water partition coefficient (Wildman–Crippen LogP) is 2.12. The fourth-order valence-electron chi connectivity index (χ4n) is 4.43. The summed E-state index contributed by atoms with van der Waals surface area (Å²) in [6.45, 7) is 6.91. The van der Waals surface area contributed by atoms with E-state index in [4.69, 9.17) is 19.4 Å². The molecule has 0 aromatic carbocycles. The largest absolute Gasteiger partial charge is 0.477 e. The maximum atomic E-state index is 6.37. The van der Waals surface area contributed by atoms with Gasteiger partial charge in [0.2, 0.25) is 11.8 Å². The Bertz CT molecular complexity index is 850. The minimum absolute atomic E-state index is 0.592. The summed E-state index contributed by atoms with van der Waals surface area (Å²) in [4.78, 5) is 21.0. The van der Waals surface area contributed by atoms with E-state index in [0.29, 0.717) is 19.1 Å². The van der Waals surface area contributed by atoms with Crippen LogP contribution in [0.4, 0.5) is 17.5 Å². The average Bonchev–Trinajstić information content (AvgIpc) is 3.24. The van der Waals surface area contributed by atoms with Crippen molar-refractivity contribution in [3.05, 3.63) is 30.1 Å². The molecule has 2 fully saturated rings. The maximum Gasteiger partial charge on any atom is 0.230 e. The lowest BCUT2D eigenvalue weighted by molar-refractivity contribution is 0.121. The zero-order valence-electron chi connectivity index (χ0n) is 17.7. The molecule has 0 amide bonds. The molecule has 0 spiro atoms. The van der Waals surface area contributed by atoms with Gasteiger partial charge in [-0.1, -0.05) is 0 Å². The molecule has 3 aliphatic rings. The number of fused-ring (bicyclic) bond motifs is 1. The van der Waals surface area contributed by atoms with Crippen LogP contribution >= 0.6 is 0 Å². The Labute approximate surface area is 177 Å². The number of likely N-dealkylation sites (tertiary alicyclic amines) is 1. The van der Waals surface area contributed by atoms with Crippen molar-refractivity contribution in [3.8, 4) is 5.88 Å². The van der Waals surface area contributed by atoms with E-state index >= 15 is 0 Å². The van der Waals surface area contributed by atoms with Crippen molar-refractivity contribution in [1.82, 2.24) is 19.9 Å². The van der Waals surface area contributed by atoms with Crippen LogP contribution in [0.1, 0.15) is 18.4 Å². The first-order valence-electron chi connectivity index (χ1n) is 11.0. The lowest BCUT2D eigenvalue weighted by Crippen LogP contribution is -2.37. The second-order valence-corrected chi connectivity index (χ2v) is 8.40. The number of nitrogens with zero attached hydrogens (tertiary/aromatic N) is 6. The summed E-state index contributed by atoms with van der Waals surface area (Å²) in [5.41, 5.74) is 2.17. The fourth-order valence-corrected chi connectivity index (χ4v) is 4.43. The molecule has 8 nitrogen and oxygen atoms in total. The number of piperidine rings is 1. The Hall–Kier alpha value is -2.45. The molecule has 0 saturated carbocycles. The van der Waals surface area contributed by atoms with E-state index in [9.17, 15) is 0 Å². The van der Waals surface area contributed by atoms with E-state index in [1.54, 1.807) is 6.20 Å². The summed E-state index contributed by atoms with van der Waals surface area (Å²) < 4.78 is 11.9. The van der Waals surface area contributed by atoms with Crippen molar-refractivity contribution in [2.24, 2.45) is 5.92 Å². The summed E-state index contributed by atoms with van der Waals surface area (Å²) in [6.07, 6.45) is 6.95. The summed E-state index contributed by atoms with van der Waals surface area (Å²) in [7, 11) is 2.19.